The number of para-hydroxylation sites is 1. The average molecular weight is 234 g/mol. The molecule has 17 heavy (non-hydrogen) atoms. The van der Waals surface area contributed by atoms with E-state index in [0.29, 0.717) is 0 Å². The Morgan fingerprint density at radius 1 is 1.24 bits per heavy atom. The Balaban J connectivity index is 2.97. The predicted octanol–water partition coefficient (Wildman–Crippen LogP) is 3.58. The highest BCUT2D eigenvalue weighted by Crippen LogP contribution is 2.28. The maximum atomic E-state index is 6.17. The van der Waals surface area contributed by atoms with Gasteiger partial charge in [0.1, 0.15) is 0 Å². The first-order valence-electron chi connectivity index (χ1n) is 6.41. The van der Waals surface area contributed by atoms with Gasteiger partial charge in [-0.1, -0.05) is 45.9 Å². The summed E-state index contributed by atoms with van der Waals surface area (Å²) in [5.74, 6) is 0. The molecule has 0 unspecified atom stereocenters. The molecule has 0 spiro atoms. The molecular formula is C15H26N2. The number of nitrogens with two attached hydrogens (primary N) is 1. The summed E-state index contributed by atoms with van der Waals surface area (Å²) in [6, 6.07) is 8.59. The van der Waals surface area contributed by atoms with Gasteiger partial charge in [-0.25, -0.2) is 0 Å². The van der Waals surface area contributed by atoms with Crippen molar-refractivity contribution >= 4 is 5.69 Å². The fourth-order valence-corrected chi connectivity index (χ4v) is 2.17. The zero-order valence-corrected chi connectivity index (χ0v) is 11.8. The summed E-state index contributed by atoms with van der Waals surface area (Å²) in [7, 11) is 2.15. The molecule has 1 atom stereocenters. The average Bonchev–Trinajstić information content (AvgIpc) is 2.25. The van der Waals surface area contributed by atoms with E-state index in [1.807, 2.05) is 0 Å². The quantitative estimate of drug-likeness (QED) is 0.863. The monoisotopic (exact) mass is 234 g/mol. The van der Waals surface area contributed by atoms with Crippen LogP contribution in [0.4, 0.5) is 5.69 Å². The lowest BCUT2D eigenvalue weighted by Crippen LogP contribution is -2.30. The van der Waals surface area contributed by atoms with Gasteiger partial charge < -0.3 is 10.6 Å². The molecular weight excluding hydrogens is 208 g/mol. The summed E-state index contributed by atoms with van der Waals surface area (Å²) < 4.78 is 0. The molecule has 2 heteroatoms. The van der Waals surface area contributed by atoms with Crippen molar-refractivity contribution in [3.05, 3.63) is 29.8 Å². The zero-order valence-electron chi connectivity index (χ0n) is 11.8. The van der Waals surface area contributed by atoms with Gasteiger partial charge in [0.2, 0.25) is 0 Å². The lowest BCUT2D eigenvalue weighted by atomic mass is 9.95. The van der Waals surface area contributed by atoms with Crippen LogP contribution in [-0.2, 0) is 0 Å². The van der Waals surface area contributed by atoms with Crippen LogP contribution < -0.4 is 10.6 Å². The summed E-state index contributed by atoms with van der Waals surface area (Å²) in [4.78, 5) is 2.31. The molecule has 0 saturated carbocycles. The van der Waals surface area contributed by atoms with Gasteiger partial charge in [0.25, 0.3) is 0 Å². The van der Waals surface area contributed by atoms with Gasteiger partial charge in [0, 0.05) is 25.3 Å². The predicted molar refractivity (Wildman–Crippen MR) is 76.4 cm³/mol. The Kier molecular flexibility index (Phi) is 4.58. The van der Waals surface area contributed by atoms with Crippen LogP contribution in [0, 0.1) is 5.41 Å². The van der Waals surface area contributed by atoms with E-state index in [0.717, 1.165) is 13.0 Å². The second kappa shape index (κ2) is 5.54. The highest BCUT2D eigenvalue weighted by molar-refractivity contribution is 5.54. The van der Waals surface area contributed by atoms with Gasteiger partial charge >= 0.3 is 0 Å². The van der Waals surface area contributed by atoms with Crippen molar-refractivity contribution in [1.29, 1.82) is 0 Å². The number of rotatable bonds is 4. The molecule has 1 rings (SSSR count). The van der Waals surface area contributed by atoms with Crippen molar-refractivity contribution in [2.75, 3.05) is 18.5 Å². The van der Waals surface area contributed by atoms with Crippen LogP contribution in [0.5, 0.6) is 0 Å². The molecule has 0 amide bonds. The van der Waals surface area contributed by atoms with Crippen LogP contribution in [0.15, 0.2) is 24.3 Å². The van der Waals surface area contributed by atoms with Crippen LogP contribution in [0.25, 0.3) is 0 Å². The van der Waals surface area contributed by atoms with Gasteiger partial charge in [-0.05, 0) is 23.5 Å². The van der Waals surface area contributed by atoms with Gasteiger partial charge in [-0.2, -0.15) is 0 Å². The van der Waals surface area contributed by atoms with E-state index in [2.05, 4.69) is 63.9 Å². The van der Waals surface area contributed by atoms with E-state index in [1.54, 1.807) is 0 Å². The number of anilines is 1. The number of hydrogen-bond acceptors (Lipinski definition) is 2. The molecule has 0 radical (unpaired) electrons. The highest BCUT2D eigenvalue weighted by atomic mass is 15.1. The standard InChI is InChI=1S/C15H26N2/c1-6-13(16)12-9-7-8-10-14(12)17(5)11-15(2,3)4/h7-10,13H,6,11,16H2,1-5H3/t13-/m0/s1. The smallest absolute Gasteiger partial charge is 0.0412 e. The molecule has 1 aromatic carbocycles. The number of benzene rings is 1. The Labute approximate surface area is 106 Å². The lowest BCUT2D eigenvalue weighted by molar-refractivity contribution is 0.418. The van der Waals surface area contributed by atoms with E-state index in [9.17, 15) is 0 Å². The van der Waals surface area contributed by atoms with Crippen molar-refractivity contribution in [2.24, 2.45) is 11.1 Å². The van der Waals surface area contributed by atoms with Crippen LogP contribution in [-0.4, -0.2) is 13.6 Å². The molecule has 0 aliphatic carbocycles. The first-order valence-corrected chi connectivity index (χ1v) is 6.41. The topological polar surface area (TPSA) is 29.3 Å². The second-order valence-electron chi connectivity index (χ2n) is 5.99. The van der Waals surface area contributed by atoms with E-state index < -0.39 is 0 Å². The molecule has 0 aliphatic heterocycles. The lowest BCUT2D eigenvalue weighted by Gasteiger charge is -2.30. The van der Waals surface area contributed by atoms with Crippen molar-refractivity contribution in [3.63, 3.8) is 0 Å². The fraction of sp³-hybridized carbons (Fsp3) is 0.600. The summed E-state index contributed by atoms with van der Waals surface area (Å²) in [6.07, 6.45) is 0.973. The van der Waals surface area contributed by atoms with E-state index in [1.165, 1.54) is 11.3 Å². The van der Waals surface area contributed by atoms with Crippen molar-refractivity contribution < 1.29 is 0 Å². The maximum Gasteiger partial charge on any atom is 0.0412 e. The molecule has 0 fully saturated rings. The molecule has 96 valence electrons. The third-order valence-corrected chi connectivity index (χ3v) is 2.90. The Bertz CT molecular complexity index is 352. The molecule has 0 saturated heterocycles. The summed E-state index contributed by atoms with van der Waals surface area (Å²) in [5.41, 5.74) is 8.97. The van der Waals surface area contributed by atoms with Crippen LogP contribution in [0.3, 0.4) is 0 Å². The van der Waals surface area contributed by atoms with E-state index in [-0.39, 0.29) is 11.5 Å². The Morgan fingerprint density at radius 2 is 1.82 bits per heavy atom. The van der Waals surface area contributed by atoms with E-state index in [4.69, 9.17) is 5.73 Å². The van der Waals surface area contributed by atoms with Gasteiger partial charge in [-0.3, -0.25) is 0 Å². The Morgan fingerprint density at radius 3 is 2.35 bits per heavy atom. The first-order chi connectivity index (χ1) is 7.85. The van der Waals surface area contributed by atoms with Gasteiger partial charge in [0.15, 0.2) is 0 Å². The van der Waals surface area contributed by atoms with Crippen molar-refractivity contribution in [2.45, 2.75) is 40.2 Å². The molecule has 2 nitrogen and oxygen atoms in total. The maximum absolute atomic E-state index is 6.17. The zero-order chi connectivity index (χ0) is 13.1. The Hall–Kier alpha value is -1.02. The first kappa shape index (κ1) is 14.0. The molecule has 0 aliphatic rings. The minimum absolute atomic E-state index is 0.133. The second-order valence-corrected chi connectivity index (χ2v) is 5.99. The van der Waals surface area contributed by atoms with Gasteiger partial charge in [0.05, 0.1) is 0 Å². The van der Waals surface area contributed by atoms with Gasteiger partial charge in [-0.15, -0.1) is 0 Å². The molecule has 0 heterocycles. The normalized spacial score (nSPS) is 13.5. The SMILES string of the molecule is CC[C@H](N)c1ccccc1N(C)CC(C)(C)C. The summed E-state index contributed by atoms with van der Waals surface area (Å²) in [5, 5.41) is 0. The van der Waals surface area contributed by atoms with Crippen LogP contribution in [0.1, 0.15) is 45.7 Å². The minimum Gasteiger partial charge on any atom is -0.374 e. The molecule has 0 aromatic heterocycles. The fourth-order valence-electron chi connectivity index (χ4n) is 2.17. The van der Waals surface area contributed by atoms with Crippen LogP contribution in [0.2, 0.25) is 0 Å². The number of hydrogen-bond donors (Lipinski definition) is 1. The molecule has 2 N–H and O–H groups in total. The number of nitrogens with zero attached hydrogens (tertiary/aromatic N) is 1. The highest BCUT2D eigenvalue weighted by Gasteiger charge is 2.17. The van der Waals surface area contributed by atoms with Crippen LogP contribution >= 0.6 is 0 Å². The summed E-state index contributed by atoms with van der Waals surface area (Å²) in [6.45, 7) is 9.93. The third-order valence-electron chi connectivity index (χ3n) is 2.90. The van der Waals surface area contributed by atoms with Crippen molar-refractivity contribution in [3.8, 4) is 0 Å². The third kappa shape index (κ3) is 4.04. The largest absolute Gasteiger partial charge is 0.374 e. The minimum atomic E-state index is 0.133. The van der Waals surface area contributed by atoms with Crippen molar-refractivity contribution in [1.82, 2.24) is 0 Å². The molecule has 1 aromatic rings. The summed E-state index contributed by atoms with van der Waals surface area (Å²) >= 11 is 0. The van der Waals surface area contributed by atoms with E-state index >= 15 is 0 Å². The molecule has 0 bridgehead atoms.